The van der Waals surface area contributed by atoms with Crippen LogP contribution in [0.4, 0.5) is 0 Å². The Balaban J connectivity index is -0.000000455. The second-order valence-corrected chi connectivity index (χ2v) is 15.1. The normalized spacial score (nSPS) is 10.8. The predicted octanol–water partition coefficient (Wildman–Crippen LogP) is 2.57. The first kappa shape index (κ1) is 80.4. The number of aliphatic hydroxyl groups excluding tert-OH is 2. The van der Waals surface area contributed by atoms with Crippen LogP contribution in [0.1, 0.15) is 56.8 Å². The number of allylic oxidation sites excluding steroid dienone is 2. The average Bonchev–Trinajstić information content (AvgIpc) is 3.50. The molecule has 0 unspecified atom stereocenters. The van der Waals surface area contributed by atoms with E-state index in [4.69, 9.17) is 20.6 Å². The van der Waals surface area contributed by atoms with E-state index in [1.54, 1.807) is 162 Å². The first-order valence-corrected chi connectivity index (χ1v) is 23.0. The monoisotopic (exact) mass is 1430 g/mol. The van der Waals surface area contributed by atoms with E-state index >= 15 is 0 Å². The van der Waals surface area contributed by atoms with E-state index < -0.39 is 11.8 Å². The van der Waals surface area contributed by atoms with E-state index in [0.29, 0.717) is 33.4 Å². The summed E-state index contributed by atoms with van der Waals surface area (Å²) in [4.78, 5) is 45.3. The van der Waals surface area contributed by atoms with Gasteiger partial charge >= 0.3 is 74.6 Å². The number of oxime groups is 2. The molecule has 442 valence electrons. The minimum atomic E-state index is -0.762. The number of carbonyl (C=O) groups is 4. The van der Waals surface area contributed by atoms with Gasteiger partial charge in [0.05, 0.1) is 23.9 Å². The topological polar surface area (TPSA) is 368 Å². The molecule has 22 nitrogen and oxygen atoms in total. The van der Waals surface area contributed by atoms with E-state index in [1.165, 1.54) is 48.2 Å². The van der Waals surface area contributed by atoms with Crippen molar-refractivity contribution in [3.63, 3.8) is 0 Å². The molecule has 0 aliphatic heterocycles. The van der Waals surface area contributed by atoms with Crippen molar-refractivity contribution in [2.75, 3.05) is 42.4 Å². The Hall–Kier alpha value is -8.09. The van der Waals surface area contributed by atoms with Crippen molar-refractivity contribution < 1.29 is 145 Å². The molecule has 0 aromatic heterocycles. The Kier molecular flexibility index (Phi) is 50.1. The van der Waals surface area contributed by atoms with Crippen LogP contribution in [0.3, 0.4) is 0 Å². The maximum atomic E-state index is 11.8. The van der Waals surface area contributed by atoms with Gasteiger partial charge < -0.3 is 61.1 Å². The van der Waals surface area contributed by atoms with Crippen LogP contribution in [-0.2, 0) is 9.59 Å². The minimum Gasteiger partial charge on any atom is -0.872 e. The second-order valence-electron chi connectivity index (χ2n) is 15.1. The smallest absolute Gasteiger partial charge is 0.872 e. The number of amides is 2. The van der Waals surface area contributed by atoms with Crippen LogP contribution in [0.2, 0.25) is 0 Å². The molecular weight excluding hydrogens is 1370 g/mol. The van der Waals surface area contributed by atoms with Gasteiger partial charge in [-0.1, -0.05) is 203 Å². The van der Waals surface area contributed by atoms with Gasteiger partial charge in [0.1, 0.15) is 0 Å². The summed E-state index contributed by atoms with van der Waals surface area (Å²) in [5.74, 6) is -3.00. The minimum absolute atomic E-state index is 0. The van der Waals surface area contributed by atoms with E-state index in [1.807, 2.05) is 24.3 Å². The van der Waals surface area contributed by atoms with Crippen molar-refractivity contribution in [2.45, 2.75) is 13.8 Å². The SMILES string of the molecule is CC(=N\O)/C([O-])=N/N=C/c1ccccc1[O-].CC(=N\O)/C([O-])=N/N=C/c1ccccc1[O-].CN(C)C=O.CN(C)C=O.CO.CO.O=C(/C=C(\[O-])c1ccccc1)c1ccccc1.O=C(/C=C(\[O-])c1ccccc1)c1ccccc1.[Er+3].[Er+3]. The predicted molar refractivity (Wildman–Crippen MR) is 298 cm³/mol. The van der Waals surface area contributed by atoms with E-state index in [0.717, 1.165) is 39.2 Å². The molecule has 0 aliphatic rings. The van der Waals surface area contributed by atoms with Gasteiger partial charge in [0, 0.05) is 65.3 Å². The maximum absolute atomic E-state index is 11.8. The molecule has 0 saturated heterocycles. The molecule has 0 fully saturated rings. The van der Waals surface area contributed by atoms with Gasteiger partial charge in [-0.2, -0.15) is 20.4 Å². The van der Waals surface area contributed by atoms with E-state index in [9.17, 15) is 49.8 Å². The quantitative estimate of drug-likeness (QED) is 0.0178. The third kappa shape index (κ3) is 37.7. The summed E-state index contributed by atoms with van der Waals surface area (Å²) < 4.78 is 0. The first-order chi connectivity index (χ1) is 38.4. The van der Waals surface area contributed by atoms with Gasteiger partial charge in [-0.3, -0.25) is 19.2 Å². The van der Waals surface area contributed by atoms with Crippen LogP contribution in [0.25, 0.3) is 11.5 Å². The van der Waals surface area contributed by atoms with Crippen molar-refractivity contribution in [3.05, 3.63) is 215 Å². The third-order valence-corrected chi connectivity index (χ3v) is 8.63. The summed E-state index contributed by atoms with van der Waals surface area (Å²) >= 11 is 0. The van der Waals surface area contributed by atoms with Crippen molar-refractivity contribution in [2.24, 2.45) is 30.7 Å². The Bertz CT molecular complexity index is 2760. The molecule has 0 bridgehead atoms. The van der Waals surface area contributed by atoms with Gasteiger partial charge in [0.25, 0.3) is 0 Å². The number of benzene rings is 6. The molecule has 0 aliphatic carbocycles. The number of para-hydroxylation sites is 2. The zero-order chi connectivity index (χ0) is 60.7. The van der Waals surface area contributed by atoms with Gasteiger partial charge in [0.2, 0.25) is 12.8 Å². The average molecular weight is 1430 g/mol. The molecule has 0 spiro atoms. The summed E-state index contributed by atoms with van der Waals surface area (Å²) in [5.41, 5.74) is 2.41. The van der Waals surface area contributed by atoms with Crippen LogP contribution in [-0.4, -0.2) is 133 Å². The molecule has 82 heavy (non-hydrogen) atoms. The third-order valence-electron chi connectivity index (χ3n) is 8.63. The van der Waals surface area contributed by atoms with Gasteiger partial charge in [-0.15, -0.1) is 0 Å². The fourth-order valence-electron chi connectivity index (χ4n) is 4.67. The first-order valence-electron chi connectivity index (χ1n) is 23.0. The van der Waals surface area contributed by atoms with Crippen LogP contribution in [0, 0.1) is 74.6 Å². The van der Waals surface area contributed by atoms with Gasteiger partial charge in [-0.05, 0) is 48.3 Å². The van der Waals surface area contributed by atoms with Crippen molar-refractivity contribution >= 4 is 71.6 Å². The zero-order valence-corrected chi connectivity index (χ0v) is 49.4. The molecule has 6 aromatic rings. The van der Waals surface area contributed by atoms with Crippen LogP contribution < -0.4 is 30.6 Å². The summed E-state index contributed by atoms with van der Waals surface area (Å²) in [6.07, 6.45) is 6.10. The molecule has 4 N–H and O–H groups in total. The molecule has 24 heteroatoms. The molecule has 6 aromatic carbocycles. The number of carbonyl (C=O) groups excluding carboxylic acids is 4. The molecule has 6 rings (SSSR count). The van der Waals surface area contributed by atoms with Crippen molar-refractivity contribution in [3.8, 4) is 11.5 Å². The zero-order valence-electron chi connectivity index (χ0n) is 45.7. The Morgan fingerprint density at radius 1 is 0.427 bits per heavy atom. The number of rotatable bonds is 14. The molecule has 2 radical (unpaired) electrons. The summed E-state index contributed by atoms with van der Waals surface area (Å²) in [5, 5.41) is 117. The number of ketones is 2. The van der Waals surface area contributed by atoms with Crippen LogP contribution in [0.5, 0.6) is 11.5 Å². The molecule has 0 heterocycles. The maximum Gasteiger partial charge on any atom is 3.00 e. The van der Waals surface area contributed by atoms with E-state index in [2.05, 4.69) is 30.7 Å². The number of hydrogen-bond donors (Lipinski definition) is 4. The number of nitrogens with zero attached hydrogens (tertiary/aromatic N) is 8. The molecule has 0 atom stereocenters. The second kappa shape index (κ2) is 51.1. The standard InChI is InChI=1S/2C15H12O2.2C10H11N3O3.2C3H7NO.2CH4O.2Er/c2*16-14(12-7-3-1-4-8-12)11-15(17)13-9-5-2-6-10-13;2*1-7(13-16)10(15)12-11-6-8-4-2-3-5-9(8)14;2*1-4(2)3-5;2*1-2;;/h2*1-11,16H;2*2-6,14,16H,1H3,(H,12,15);2*3H,1-2H3;2*2H,1H3;;/q;;;;;;;;2*+3/p-6/b2*14-11-;2*11-6+,13-7+;;;;;;. The molecule has 0 saturated carbocycles. The van der Waals surface area contributed by atoms with Crippen LogP contribution in [0.15, 0.2) is 213 Å². The number of aliphatic hydroxyl groups is 2. The fraction of sp³-hybridized carbons (Fsp3) is 0.138. The van der Waals surface area contributed by atoms with Crippen molar-refractivity contribution in [1.29, 1.82) is 0 Å². The Morgan fingerprint density at radius 3 is 0.890 bits per heavy atom. The summed E-state index contributed by atoms with van der Waals surface area (Å²) in [6.45, 7) is 2.59. The van der Waals surface area contributed by atoms with E-state index in [-0.39, 0.29) is 121 Å². The Labute approximate surface area is 535 Å². The van der Waals surface area contributed by atoms with Crippen LogP contribution >= 0.6 is 0 Å². The Morgan fingerprint density at radius 2 is 0.659 bits per heavy atom. The fourth-order valence-corrected chi connectivity index (χ4v) is 4.67. The van der Waals surface area contributed by atoms with Gasteiger partial charge in [-0.25, -0.2) is 0 Å². The van der Waals surface area contributed by atoms with Gasteiger partial charge in [0.15, 0.2) is 11.6 Å². The summed E-state index contributed by atoms with van der Waals surface area (Å²) in [7, 11) is 8.75. The molecular formula is C58H62Er2N8O14. The molecule has 2 amide bonds. The van der Waals surface area contributed by atoms with Crippen molar-refractivity contribution in [1.82, 2.24) is 9.80 Å². The summed E-state index contributed by atoms with van der Waals surface area (Å²) in [6, 6.07) is 47.4. The number of hydrogen-bond acceptors (Lipinski definition) is 20. The largest absolute Gasteiger partial charge is 3.00 e.